The standard InChI is InChI=1S/C7H6F3NO2/c8-5-1-3(7(9)10)6(13)4(2-12)11-5/h1,7,12-13H,2H2. The molecule has 1 aromatic rings. The smallest absolute Gasteiger partial charge is 0.267 e. The molecule has 0 aliphatic carbocycles. The van der Waals surface area contributed by atoms with Gasteiger partial charge >= 0.3 is 0 Å². The maximum atomic E-state index is 12.5. The molecule has 0 bridgehead atoms. The second-order valence-corrected chi connectivity index (χ2v) is 2.29. The van der Waals surface area contributed by atoms with Crippen molar-refractivity contribution in [3.63, 3.8) is 0 Å². The minimum Gasteiger partial charge on any atom is -0.505 e. The average Bonchev–Trinajstić information content (AvgIpc) is 2.08. The Morgan fingerprint density at radius 3 is 2.54 bits per heavy atom. The quantitative estimate of drug-likeness (QED) is 0.697. The first-order chi connectivity index (χ1) is 6.06. The highest BCUT2D eigenvalue weighted by Gasteiger charge is 2.18. The van der Waals surface area contributed by atoms with E-state index in [2.05, 4.69) is 4.98 Å². The minimum absolute atomic E-state index is 0.430. The SMILES string of the molecule is OCc1nc(F)cc(C(F)F)c1O. The molecule has 0 amide bonds. The van der Waals surface area contributed by atoms with Gasteiger partial charge < -0.3 is 10.2 Å². The molecule has 1 heterocycles. The monoisotopic (exact) mass is 193 g/mol. The summed E-state index contributed by atoms with van der Waals surface area (Å²) in [6.45, 7) is -0.788. The highest BCUT2D eigenvalue weighted by molar-refractivity contribution is 5.36. The number of hydrogen-bond donors (Lipinski definition) is 2. The number of pyridine rings is 1. The zero-order valence-electron chi connectivity index (χ0n) is 6.34. The lowest BCUT2D eigenvalue weighted by atomic mass is 10.2. The van der Waals surface area contributed by atoms with Crippen LogP contribution < -0.4 is 0 Å². The molecule has 72 valence electrons. The van der Waals surface area contributed by atoms with Gasteiger partial charge in [-0.05, 0) is 0 Å². The van der Waals surface area contributed by atoms with Crippen LogP contribution >= 0.6 is 0 Å². The summed E-state index contributed by atoms with van der Waals surface area (Å²) in [6.07, 6.45) is -3.00. The first-order valence-corrected chi connectivity index (χ1v) is 3.33. The molecule has 0 saturated heterocycles. The summed E-state index contributed by atoms with van der Waals surface area (Å²) in [6, 6.07) is 0.430. The van der Waals surface area contributed by atoms with Gasteiger partial charge in [0.25, 0.3) is 6.43 Å². The number of aromatic hydroxyl groups is 1. The van der Waals surface area contributed by atoms with Gasteiger partial charge in [-0.15, -0.1) is 0 Å². The molecule has 0 unspecified atom stereocenters. The van der Waals surface area contributed by atoms with E-state index in [1.54, 1.807) is 0 Å². The van der Waals surface area contributed by atoms with Gasteiger partial charge in [0.2, 0.25) is 5.95 Å². The molecule has 0 fully saturated rings. The van der Waals surface area contributed by atoms with Crippen LogP contribution in [-0.2, 0) is 6.61 Å². The third-order valence-electron chi connectivity index (χ3n) is 1.45. The fourth-order valence-electron chi connectivity index (χ4n) is 0.854. The third kappa shape index (κ3) is 1.89. The molecular formula is C7H6F3NO2. The molecule has 0 saturated carbocycles. The maximum absolute atomic E-state index is 12.5. The number of nitrogens with zero attached hydrogens (tertiary/aromatic N) is 1. The van der Waals surface area contributed by atoms with Crippen LogP contribution in [0.2, 0.25) is 0 Å². The van der Waals surface area contributed by atoms with Gasteiger partial charge in [-0.3, -0.25) is 0 Å². The summed E-state index contributed by atoms with van der Waals surface area (Å²) < 4.78 is 36.7. The van der Waals surface area contributed by atoms with E-state index in [4.69, 9.17) is 10.2 Å². The average molecular weight is 193 g/mol. The first kappa shape index (κ1) is 9.79. The summed E-state index contributed by atoms with van der Waals surface area (Å²) in [7, 11) is 0. The highest BCUT2D eigenvalue weighted by atomic mass is 19.3. The number of aliphatic hydroxyl groups excluding tert-OH is 1. The molecule has 0 radical (unpaired) electrons. The Morgan fingerprint density at radius 1 is 1.46 bits per heavy atom. The van der Waals surface area contributed by atoms with E-state index in [-0.39, 0.29) is 0 Å². The molecule has 0 aliphatic rings. The number of rotatable bonds is 2. The van der Waals surface area contributed by atoms with Crippen LogP contribution in [0.15, 0.2) is 6.07 Å². The lowest BCUT2D eigenvalue weighted by Crippen LogP contribution is -1.98. The minimum atomic E-state index is -3.00. The van der Waals surface area contributed by atoms with Crippen LogP contribution in [-0.4, -0.2) is 15.2 Å². The molecule has 0 atom stereocenters. The Bertz CT molecular complexity index is 317. The van der Waals surface area contributed by atoms with Crippen LogP contribution in [0.25, 0.3) is 0 Å². The largest absolute Gasteiger partial charge is 0.505 e. The van der Waals surface area contributed by atoms with Gasteiger partial charge in [0.1, 0.15) is 11.4 Å². The van der Waals surface area contributed by atoms with Crippen LogP contribution in [0.1, 0.15) is 17.7 Å². The Morgan fingerprint density at radius 2 is 2.08 bits per heavy atom. The van der Waals surface area contributed by atoms with Crippen LogP contribution in [0.4, 0.5) is 13.2 Å². The molecule has 13 heavy (non-hydrogen) atoms. The third-order valence-corrected chi connectivity index (χ3v) is 1.45. The van der Waals surface area contributed by atoms with Gasteiger partial charge in [0, 0.05) is 6.07 Å². The van der Waals surface area contributed by atoms with Crippen molar-refractivity contribution in [1.82, 2.24) is 4.98 Å². The number of halogens is 3. The Hall–Kier alpha value is -1.30. The molecule has 0 spiro atoms. The predicted octanol–water partition coefficient (Wildman–Crippen LogP) is 1.36. The summed E-state index contributed by atoms with van der Waals surface area (Å²) in [5.41, 5.74) is -1.35. The highest BCUT2D eigenvalue weighted by Crippen LogP contribution is 2.30. The molecule has 2 N–H and O–H groups in total. The van der Waals surface area contributed by atoms with Crippen LogP contribution in [0, 0.1) is 5.95 Å². The second kappa shape index (κ2) is 3.61. The van der Waals surface area contributed by atoms with Crippen molar-refractivity contribution < 1.29 is 23.4 Å². The molecule has 1 aromatic heterocycles. The van der Waals surface area contributed by atoms with E-state index in [9.17, 15) is 13.2 Å². The molecule has 3 nitrogen and oxygen atoms in total. The summed E-state index contributed by atoms with van der Waals surface area (Å²) in [4.78, 5) is 3.03. The van der Waals surface area contributed by atoms with Gasteiger partial charge in [-0.25, -0.2) is 13.8 Å². The number of hydrogen-bond acceptors (Lipinski definition) is 3. The topological polar surface area (TPSA) is 53.4 Å². The van der Waals surface area contributed by atoms with E-state index < -0.39 is 36.0 Å². The molecule has 1 rings (SSSR count). The summed E-state index contributed by atoms with van der Waals surface area (Å²) >= 11 is 0. The Kier molecular flexibility index (Phi) is 2.72. The van der Waals surface area contributed by atoms with Crippen LogP contribution in [0.3, 0.4) is 0 Å². The normalized spacial score (nSPS) is 10.8. The lowest BCUT2D eigenvalue weighted by Gasteiger charge is -2.06. The molecule has 0 aromatic carbocycles. The molecule has 6 heteroatoms. The van der Waals surface area contributed by atoms with Crippen molar-refractivity contribution in [3.05, 3.63) is 23.3 Å². The van der Waals surface area contributed by atoms with E-state index in [1.165, 1.54) is 0 Å². The summed E-state index contributed by atoms with van der Waals surface area (Å²) in [5, 5.41) is 17.5. The second-order valence-electron chi connectivity index (χ2n) is 2.29. The van der Waals surface area contributed by atoms with E-state index in [0.717, 1.165) is 0 Å². The van der Waals surface area contributed by atoms with Gasteiger partial charge in [0.05, 0.1) is 12.2 Å². The number of aromatic nitrogens is 1. The van der Waals surface area contributed by atoms with Crippen LogP contribution in [0.5, 0.6) is 5.75 Å². The van der Waals surface area contributed by atoms with Crippen molar-refractivity contribution in [2.45, 2.75) is 13.0 Å². The Labute approximate surface area is 71.5 Å². The maximum Gasteiger partial charge on any atom is 0.267 e. The summed E-state index contributed by atoms with van der Waals surface area (Å²) in [5.74, 6) is -2.02. The van der Waals surface area contributed by atoms with E-state index >= 15 is 0 Å². The van der Waals surface area contributed by atoms with Crippen molar-refractivity contribution >= 4 is 0 Å². The molecular weight excluding hydrogens is 187 g/mol. The van der Waals surface area contributed by atoms with Crippen molar-refractivity contribution in [2.24, 2.45) is 0 Å². The first-order valence-electron chi connectivity index (χ1n) is 3.33. The van der Waals surface area contributed by atoms with E-state index in [0.29, 0.717) is 6.07 Å². The van der Waals surface area contributed by atoms with Crippen molar-refractivity contribution in [1.29, 1.82) is 0 Å². The Balaban J connectivity index is 3.27. The van der Waals surface area contributed by atoms with Gasteiger partial charge in [0.15, 0.2) is 0 Å². The zero-order valence-corrected chi connectivity index (χ0v) is 6.34. The van der Waals surface area contributed by atoms with Crippen molar-refractivity contribution in [3.8, 4) is 5.75 Å². The van der Waals surface area contributed by atoms with Gasteiger partial charge in [-0.2, -0.15) is 4.39 Å². The van der Waals surface area contributed by atoms with Gasteiger partial charge in [-0.1, -0.05) is 0 Å². The number of alkyl halides is 2. The molecule has 0 aliphatic heterocycles. The lowest BCUT2D eigenvalue weighted by molar-refractivity contribution is 0.145. The fourth-order valence-corrected chi connectivity index (χ4v) is 0.854. The van der Waals surface area contributed by atoms with Crippen molar-refractivity contribution in [2.75, 3.05) is 0 Å². The zero-order chi connectivity index (χ0) is 10.0. The van der Waals surface area contributed by atoms with E-state index in [1.807, 2.05) is 0 Å². The number of aliphatic hydroxyl groups is 1. The predicted molar refractivity (Wildman–Crippen MR) is 36.7 cm³/mol. The fraction of sp³-hybridized carbons (Fsp3) is 0.286.